The predicted molar refractivity (Wildman–Crippen MR) is 115 cm³/mol. The maximum Gasteiger partial charge on any atom is 0.339 e. The molecule has 2 aromatic carbocycles. The van der Waals surface area contributed by atoms with Crippen LogP contribution in [0.2, 0.25) is 0 Å². The Kier molecular flexibility index (Phi) is 6.42. The van der Waals surface area contributed by atoms with Crippen molar-refractivity contribution in [2.45, 2.75) is 38.6 Å². The Labute approximate surface area is 181 Å². The second-order valence-electron chi connectivity index (χ2n) is 7.09. The summed E-state index contributed by atoms with van der Waals surface area (Å²) in [5.74, 6) is 0.199. The highest BCUT2D eigenvalue weighted by Gasteiger charge is 2.20. The van der Waals surface area contributed by atoms with Gasteiger partial charge in [0, 0.05) is 11.6 Å². The van der Waals surface area contributed by atoms with Crippen molar-refractivity contribution in [1.82, 2.24) is 9.78 Å². The minimum Gasteiger partial charge on any atom is -0.379 e. The van der Waals surface area contributed by atoms with Gasteiger partial charge in [-0.05, 0) is 62.2 Å². The van der Waals surface area contributed by atoms with Crippen LogP contribution in [0.4, 0.5) is 5.82 Å². The van der Waals surface area contributed by atoms with E-state index in [2.05, 4.69) is 10.4 Å². The van der Waals surface area contributed by atoms with Gasteiger partial charge in [0.1, 0.15) is 16.5 Å². The molecule has 1 N–H and O–H groups in total. The van der Waals surface area contributed by atoms with Crippen molar-refractivity contribution in [2.75, 3.05) is 5.32 Å². The summed E-state index contributed by atoms with van der Waals surface area (Å²) in [4.78, 5) is 12.7. The van der Waals surface area contributed by atoms with Crippen molar-refractivity contribution >= 4 is 21.8 Å². The summed E-state index contributed by atoms with van der Waals surface area (Å²) in [5, 5.41) is 15.8. The summed E-state index contributed by atoms with van der Waals surface area (Å²) in [5.41, 5.74) is 2.43. The van der Waals surface area contributed by atoms with Crippen molar-refractivity contribution in [2.24, 2.45) is 0 Å². The molecule has 0 spiro atoms. The van der Waals surface area contributed by atoms with Crippen molar-refractivity contribution in [1.29, 1.82) is 5.26 Å². The van der Waals surface area contributed by atoms with Gasteiger partial charge in [-0.25, -0.2) is 4.68 Å². The standard InChI is InChI=1S/C22H22N4O4S/c1-15-5-6-16(2)20(13-15)31(28,29)30-19-9-7-18(8-10-19)22(27)24-21-14-17(3)25-26(21)12-4-11-23/h5-10,13-14H,4,12H2,1-3H3,(H,24,27). The van der Waals surface area contributed by atoms with Crippen LogP contribution in [-0.2, 0) is 16.7 Å². The van der Waals surface area contributed by atoms with Crippen LogP contribution < -0.4 is 9.50 Å². The zero-order chi connectivity index (χ0) is 22.6. The third kappa shape index (κ3) is 5.29. The molecule has 1 amide bonds. The molecule has 0 radical (unpaired) electrons. The molecule has 160 valence electrons. The molecule has 3 aromatic rings. The molecule has 9 heteroatoms. The van der Waals surface area contributed by atoms with Crippen LogP contribution >= 0.6 is 0 Å². The van der Waals surface area contributed by atoms with Gasteiger partial charge >= 0.3 is 10.1 Å². The Morgan fingerprint density at radius 2 is 1.84 bits per heavy atom. The monoisotopic (exact) mass is 438 g/mol. The number of carbonyl (C=O) groups excluding carboxylic acids is 1. The number of amides is 1. The zero-order valence-electron chi connectivity index (χ0n) is 17.4. The predicted octanol–water partition coefficient (Wildman–Crippen LogP) is 3.74. The van der Waals surface area contributed by atoms with Crippen LogP contribution in [0.5, 0.6) is 5.75 Å². The fraction of sp³-hybridized carbons (Fsp3) is 0.227. The minimum atomic E-state index is -4.00. The molecule has 0 saturated heterocycles. The van der Waals surface area contributed by atoms with Crippen LogP contribution in [0, 0.1) is 32.1 Å². The topological polar surface area (TPSA) is 114 Å². The molecule has 1 heterocycles. The van der Waals surface area contributed by atoms with Crippen molar-refractivity contribution < 1.29 is 17.4 Å². The summed E-state index contributed by atoms with van der Waals surface area (Å²) < 4.78 is 32.1. The van der Waals surface area contributed by atoms with Crippen molar-refractivity contribution in [3.05, 3.63) is 70.9 Å². The van der Waals surface area contributed by atoms with E-state index in [-0.39, 0.29) is 23.0 Å². The van der Waals surface area contributed by atoms with Crippen LogP contribution in [0.3, 0.4) is 0 Å². The molecule has 0 aliphatic carbocycles. The Morgan fingerprint density at radius 3 is 2.52 bits per heavy atom. The maximum atomic E-state index is 12.6. The number of anilines is 1. The van der Waals surface area contributed by atoms with E-state index in [1.165, 1.54) is 24.3 Å². The fourth-order valence-corrected chi connectivity index (χ4v) is 4.22. The normalized spacial score (nSPS) is 11.0. The second-order valence-corrected chi connectivity index (χ2v) is 8.60. The maximum absolute atomic E-state index is 12.6. The van der Waals surface area contributed by atoms with Gasteiger partial charge in [-0.1, -0.05) is 12.1 Å². The van der Waals surface area contributed by atoms with Gasteiger partial charge in [0.25, 0.3) is 5.91 Å². The van der Waals surface area contributed by atoms with Gasteiger partial charge in [-0.3, -0.25) is 4.79 Å². The van der Waals surface area contributed by atoms with Crippen molar-refractivity contribution in [3.63, 3.8) is 0 Å². The summed E-state index contributed by atoms with van der Waals surface area (Å²) in [6.07, 6.45) is 0.269. The van der Waals surface area contributed by atoms with E-state index in [4.69, 9.17) is 9.44 Å². The average molecular weight is 439 g/mol. The molecule has 0 saturated carbocycles. The summed E-state index contributed by atoms with van der Waals surface area (Å²) in [6, 6.07) is 14.7. The van der Waals surface area contributed by atoms with E-state index in [1.54, 1.807) is 43.7 Å². The number of hydrogen-bond donors (Lipinski definition) is 1. The molecule has 0 aliphatic heterocycles. The largest absolute Gasteiger partial charge is 0.379 e. The lowest BCUT2D eigenvalue weighted by atomic mass is 10.2. The molecule has 0 bridgehead atoms. The Bertz CT molecular complexity index is 1260. The average Bonchev–Trinajstić information content (AvgIpc) is 3.07. The Morgan fingerprint density at radius 1 is 1.13 bits per heavy atom. The number of nitrogens with one attached hydrogen (secondary N) is 1. The fourth-order valence-electron chi connectivity index (χ4n) is 2.97. The first-order chi connectivity index (χ1) is 14.7. The highest BCUT2D eigenvalue weighted by Crippen LogP contribution is 2.23. The molecule has 0 fully saturated rings. The molecular formula is C22H22N4O4S. The molecule has 0 unspecified atom stereocenters. The van der Waals surface area contributed by atoms with E-state index in [0.717, 1.165) is 5.56 Å². The van der Waals surface area contributed by atoms with Crippen LogP contribution in [0.1, 0.15) is 33.6 Å². The number of hydrogen-bond acceptors (Lipinski definition) is 6. The number of nitriles is 1. The molecule has 8 nitrogen and oxygen atoms in total. The van der Waals surface area contributed by atoms with Crippen LogP contribution in [-0.4, -0.2) is 24.1 Å². The number of rotatable bonds is 7. The smallest absolute Gasteiger partial charge is 0.339 e. The molecule has 0 atom stereocenters. The summed E-state index contributed by atoms with van der Waals surface area (Å²) in [7, 11) is -4.00. The van der Waals surface area contributed by atoms with E-state index >= 15 is 0 Å². The molecule has 1 aromatic heterocycles. The SMILES string of the molecule is Cc1ccc(C)c(S(=O)(=O)Oc2ccc(C(=O)Nc3cc(C)nn3CCC#N)cc2)c1. The highest BCUT2D eigenvalue weighted by atomic mass is 32.2. The minimum absolute atomic E-state index is 0.104. The molecule has 3 rings (SSSR count). The Balaban J connectivity index is 1.74. The highest BCUT2D eigenvalue weighted by molar-refractivity contribution is 7.87. The van der Waals surface area contributed by atoms with Gasteiger partial charge in [-0.2, -0.15) is 18.8 Å². The van der Waals surface area contributed by atoms with Gasteiger partial charge < -0.3 is 9.50 Å². The van der Waals surface area contributed by atoms with E-state index < -0.39 is 10.1 Å². The first-order valence-corrected chi connectivity index (χ1v) is 10.9. The number of nitrogens with zero attached hydrogens (tertiary/aromatic N) is 3. The second kappa shape index (κ2) is 9.02. The molecule has 31 heavy (non-hydrogen) atoms. The van der Waals surface area contributed by atoms with Gasteiger partial charge in [0.05, 0.1) is 24.7 Å². The quantitative estimate of drug-likeness (QED) is 0.562. The van der Waals surface area contributed by atoms with Gasteiger partial charge in [-0.15, -0.1) is 0 Å². The molecular weight excluding hydrogens is 416 g/mol. The van der Waals surface area contributed by atoms with Gasteiger partial charge in [0.2, 0.25) is 0 Å². The third-order valence-corrected chi connectivity index (χ3v) is 5.90. The molecule has 0 aliphatic rings. The summed E-state index contributed by atoms with van der Waals surface area (Å²) in [6.45, 7) is 5.66. The van der Waals surface area contributed by atoms with Crippen molar-refractivity contribution in [3.8, 4) is 11.8 Å². The number of aromatic nitrogens is 2. The van der Waals surface area contributed by atoms with Gasteiger partial charge in [0.15, 0.2) is 0 Å². The first kappa shape index (κ1) is 22.1. The number of benzene rings is 2. The number of carbonyl (C=O) groups is 1. The van der Waals surface area contributed by atoms with E-state index in [1.807, 2.05) is 12.1 Å². The Hall–Kier alpha value is -3.64. The summed E-state index contributed by atoms with van der Waals surface area (Å²) >= 11 is 0. The zero-order valence-corrected chi connectivity index (χ0v) is 18.2. The van der Waals surface area contributed by atoms with E-state index in [9.17, 15) is 13.2 Å². The number of aryl methyl sites for hydroxylation is 4. The lowest BCUT2D eigenvalue weighted by molar-refractivity contribution is 0.102. The van der Waals surface area contributed by atoms with E-state index in [0.29, 0.717) is 29.2 Å². The lowest BCUT2D eigenvalue weighted by Crippen LogP contribution is -2.16. The van der Waals surface area contributed by atoms with Crippen LogP contribution in [0.25, 0.3) is 0 Å². The first-order valence-electron chi connectivity index (χ1n) is 9.54. The van der Waals surface area contributed by atoms with Crippen LogP contribution in [0.15, 0.2) is 53.4 Å². The lowest BCUT2D eigenvalue weighted by Gasteiger charge is -2.11. The third-order valence-electron chi connectivity index (χ3n) is 4.51.